The summed E-state index contributed by atoms with van der Waals surface area (Å²) in [7, 11) is 1.87. The first kappa shape index (κ1) is 17.6. The summed E-state index contributed by atoms with van der Waals surface area (Å²) in [6.07, 6.45) is 0. The summed E-state index contributed by atoms with van der Waals surface area (Å²) in [5.41, 5.74) is 2.41. The maximum absolute atomic E-state index is 13.5. The van der Waals surface area contributed by atoms with Crippen LogP contribution in [0.5, 0.6) is 0 Å². The van der Waals surface area contributed by atoms with Gasteiger partial charge in [-0.15, -0.1) is 0 Å². The Morgan fingerprint density at radius 1 is 0.926 bits per heavy atom. The highest BCUT2D eigenvalue weighted by Crippen LogP contribution is 2.24. The average Bonchev–Trinajstić information content (AvgIpc) is 2.66. The minimum Gasteiger partial charge on any atom is -0.343 e. The number of para-hydroxylation sites is 1. The van der Waals surface area contributed by atoms with Crippen molar-refractivity contribution in [3.63, 3.8) is 0 Å². The lowest BCUT2D eigenvalue weighted by Crippen LogP contribution is -2.28. The van der Waals surface area contributed by atoms with E-state index in [0.29, 0.717) is 15.9 Å². The third kappa shape index (κ3) is 2.68. The maximum atomic E-state index is 13.5. The molecule has 0 unspecified atom stereocenters. The summed E-state index contributed by atoms with van der Waals surface area (Å²) < 4.78 is 3.54. The molecule has 4 nitrogen and oxygen atoms in total. The van der Waals surface area contributed by atoms with Gasteiger partial charge in [-0.2, -0.15) is 0 Å². The zero-order chi connectivity index (χ0) is 19.3. The molecule has 0 radical (unpaired) electrons. The van der Waals surface area contributed by atoms with Crippen LogP contribution in [0.25, 0.3) is 27.5 Å². The number of rotatable bonds is 2. The van der Waals surface area contributed by atoms with Crippen molar-refractivity contribution in [2.75, 3.05) is 0 Å². The summed E-state index contributed by atoms with van der Waals surface area (Å²) >= 11 is 6.10. The predicted octanol–water partition coefficient (Wildman–Crippen LogP) is 4.62. The molecule has 2 heterocycles. The van der Waals surface area contributed by atoms with Gasteiger partial charge >= 0.3 is 0 Å². The van der Waals surface area contributed by atoms with Gasteiger partial charge in [0.15, 0.2) is 0 Å². The van der Waals surface area contributed by atoms with Gasteiger partial charge in [0.25, 0.3) is 5.56 Å². The van der Waals surface area contributed by atoms with Crippen LogP contribution in [-0.2, 0) is 7.05 Å². The highest BCUT2D eigenvalue weighted by Gasteiger charge is 2.19. The minimum absolute atomic E-state index is 0.110. The first-order valence-corrected chi connectivity index (χ1v) is 9.21. The summed E-state index contributed by atoms with van der Waals surface area (Å²) in [5.74, 6) is 0.110. The van der Waals surface area contributed by atoms with Gasteiger partial charge in [0, 0.05) is 28.8 Å². The Bertz CT molecular complexity index is 1300. The molecule has 4 aromatic rings. The van der Waals surface area contributed by atoms with E-state index in [1.165, 1.54) is 0 Å². The molecule has 2 aromatic heterocycles. The molecular formula is C22H19ClN2O2. The van der Waals surface area contributed by atoms with Crippen LogP contribution in [0.4, 0.5) is 0 Å². The van der Waals surface area contributed by atoms with E-state index in [1.807, 2.05) is 67.9 Å². The molecule has 0 N–H and O–H groups in total. The van der Waals surface area contributed by atoms with E-state index in [2.05, 4.69) is 0 Å². The Labute approximate surface area is 161 Å². The van der Waals surface area contributed by atoms with Crippen molar-refractivity contribution >= 4 is 33.4 Å². The Balaban J connectivity index is 2.27. The van der Waals surface area contributed by atoms with E-state index in [1.54, 1.807) is 16.7 Å². The van der Waals surface area contributed by atoms with Gasteiger partial charge in [-0.25, -0.2) is 0 Å². The van der Waals surface area contributed by atoms with Crippen molar-refractivity contribution in [2.24, 2.45) is 7.05 Å². The third-order valence-electron chi connectivity index (χ3n) is 4.97. The monoisotopic (exact) mass is 378 g/mol. The van der Waals surface area contributed by atoms with Crippen LogP contribution in [0.15, 0.2) is 64.2 Å². The lowest BCUT2D eigenvalue weighted by atomic mass is 10.0. The summed E-state index contributed by atoms with van der Waals surface area (Å²) in [5, 5.41) is 1.10. The van der Waals surface area contributed by atoms with Crippen molar-refractivity contribution in [3.05, 3.63) is 85.9 Å². The van der Waals surface area contributed by atoms with Crippen LogP contribution in [0.3, 0.4) is 0 Å². The Morgan fingerprint density at radius 2 is 1.63 bits per heavy atom. The van der Waals surface area contributed by atoms with E-state index in [9.17, 15) is 9.59 Å². The second kappa shape index (κ2) is 6.39. The number of halogens is 1. The molecule has 0 saturated heterocycles. The highest BCUT2D eigenvalue weighted by molar-refractivity contribution is 6.31. The second-order valence-corrected chi connectivity index (χ2v) is 7.45. The molecule has 0 amide bonds. The zero-order valence-electron chi connectivity index (χ0n) is 15.4. The van der Waals surface area contributed by atoms with Gasteiger partial charge in [-0.05, 0) is 42.3 Å². The molecular weight excluding hydrogens is 360 g/mol. The number of aryl methyl sites for hydroxylation is 1. The molecule has 4 rings (SSSR count). The smallest absolute Gasteiger partial charge is 0.268 e. The zero-order valence-corrected chi connectivity index (χ0v) is 16.1. The Morgan fingerprint density at radius 3 is 2.30 bits per heavy atom. The number of pyridine rings is 2. The summed E-state index contributed by atoms with van der Waals surface area (Å²) in [6, 6.07) is 16.6. The molecule has 27 heavy (non-hydrogen) atoms. The quantitative estimate of drug-likeness (QED) is 0.478. The molecule has 0 fully saturated rings. The van der Waals surface area contributed by atoms with Crippen molar-refractivity contribution in [1.82, 2.24) is 9.13 Å². The molecule has 2 aromatic carbocycles. The van der Waals surface area contributed by atoms with Gasteiger partial charge in [-0.1, -0.05) is 43.6 Å². The lowest BCUT2D eigenvalue weighted by molar-refractivity contribution is 0.762. The second-order valence-electron chi connectivity index (χ2n) is 7.01. The van der Waals surface area contributed by atoms with Gasteiger partial charge in [0.05, 0.1) is 11.0 Å². The normalized spacial score (nSPS) is 11.6. The maximum Gasteiger partial charge on any atom is 0.268 e. The molecule has 0 aliphatic rings. The number of hydrogen-bond donors (Lipinski definition) is 0. The fourth-order valence-corrected chi connectivity index (χ4v) is 3.78. The molecule has 0 atom stereocenters. The number of fused-ring (bicyclic) bond motifs is 2. The number of aromatic nitrogens is 2. The van der Waals surface area contributed by atoms with Gasteiger partial charge in [-0.3, -0.25) is 14.2 Å². The molecule has 5 heteroatoms. The molecule has 136 valence electrons. The predicted molar refractivity (Wildman–Crippen MR) is 111 cm³/mol. The van der Waals surface area contributed by atoms with Crippen molar-refractivity contribution < 1.29 is 0 Å². The number of hydrogen-bond acceptors (Lipinski definition) is 2. The van der Waals surface area contributed by atoms with Gasteiger partial charge < -0.3 is 4.57 Å². The van der Waals surface area contributed by atoms with Crippen LogP contribution in [-0.4, -0.2) is 9.13 Å². The van der Waals surface area contributed by atoms with Crippen LogP contribution in [0.2, 0.25) is 5.02 Å². The van der Waals surface area contributed by atoms with Gasteiger partial charge in [0.2, 0.25) is 5.43 Å². The van der Waals surface area contributed by atoms with E-state index >= 15 is 0 Å². The standard InChI is InChI=1S/C22H19ClN2O2/c1-13(2)18-12-19-20(22(27)25(18)15-7-5-4-6-8-15)21(26)16-11-14(23)9-10-17(16)24(19)3/h4-13H,1-3H3. The Kier molecular flexibility index (Phi) is 4.16. The molecule has 0 aliphatic heterocycles. The molecule has 0 spiro atoms. The van der Waals surface area contributed by atoms with E-state index in [-0.39, 0.29) is 22.3 Å². The minimum atomic E-state index is -0.301. The lowest BCUT2D eigenvalue weighted by Gasteiger charge is -2.19. The fraction of sp³-hybridized carbons (Fsp3) is 0.182. The van der Waals surface area contributed by atoms with Gasteiger partial charge in [0.1, 0.15) is 5.39 Å². The van der Waals surface area contributed by atoms with Crippen molar-refractivity contribution in [2.45, 2.75) is 19.8 Å². The van der Waals surface area contributed by atoms with Crippen LogP contribution in [0.1, 0.15) is 25.5 Å². The molecule has 0 bridgehead atoms. The van der Waals surface area contributed by atoms with Crippen LogP contribution >= 0.6 is 11.6 Å². The third-order valence-corrected chi connectivity index (χ3v) is 5.21. The average molecular weight is 379 g/mol. The first-order chi connectivity index (χ1) is 12.9. The SMILES string of the molecule is CC(C)c1cc2c(c(=O)c3cc(Cl)ccc3n2C)c(=O)n1-c1ccccc1. The van der Waals surface area contributed by atoms with E-state index < -0.39 is 0 Å². The summed E-state index contributed by atoms with van der Waals surface area (Å²) in [4.78, 5) is 26.7. The first-order valence-electron chi connectivity index (χ1n) is 8.83. The Hall–Kier alpha value is -2.85. The number of benzene rings is 2. The highest BCUT2D eigenvalue weighted by atomic mass is 35.5. The largest absolute Gasteiger partial charge is 0.343 e. The van der Waals surface area contributed by atoms with Crippen LogP contribution in [0, 0.1) is 0 Å². The number of nitrogens with zero attached hydrogens (tertiary/aromatic N) is 2. The van der Waals surface area contributed by atoms with E-state index in [0.717, 1.165) is 16.9 Å². The fourth-order valence-electron chi connectivity index (χ4n) is 3.61. The van der Waals surface area contributed by atoms with Crippen molar-refractivity contribution in [3.8, 4) is 5.69 Å². The van der Waals surface area contributed by atoms with E-state index in [4.69, 9.17) is 11.6 Å². The molecule has 0 saturated carbocycles. The topological polar surface area (TPSA) is 44.0 Å². The summed E-state index contributed by atoms with van der Waals surface area (Å²) in [6.45, 7) is 4.08. The van der Waals surface area contributed by atoms with Crippen LogP contribution < -0.4 is 11.0 Å². The van der Waals surface area contributed by atoms with Crippen molar-refractivity contribution in [1.29, 1.82) is 0 Å². The molecule has 0 aliphatic carbocycles.